The molecule has 0 saturated heterocycles. The first-order chi connectivity index (χ1) is 38.7. The summed E-state index contributed by atoms with van der Waals surface area (Å²) in [6.07, 6.45) is 5.28. The summed E-state index contributed by atoms with van der Waals surface area (Å²) in [7, 11) is 0. The number of rotatable bonds is 8. The largest absolute Gasteiger partial charge is 0.455 e. The van der Waals surface area contributed by atoms with E-state index in [1.807, 2.05) is 12.1 Å². The molecule has 0 saturated carbocycles. The molecule has 0 N–H and O–H groups in total. The van der Waals surface area contributed by atoms with Crippen LogP contribution < -0.4 is 9.80 Å². The van der Waals surface area contributed by atoms with E-state index in [2.05, 4.69) is 271 Å². The highest BCUT2D eigenvalue weighted by atomic mass is 19.1. The van der Waals surface area contributed by atoms with Gasteiger partial charge in [-0.25, -0.2) is 4.39 Å². The maximum Gasteiger partial charge on any atom is 0.145 e. The second-order valence-corrected chi connectivity index (χ2v) is 24.3. The van der Waals surface area contributed by atoms with Crippen molar-refractivity contribution in [2.75, 3.05) is 9.80 Å². The fourth-order valence-electron chi connectivity index (χ4n) is 13.4. The highest BCUT2D eigenvalue weighted by Crippen LogP contribution is 2.67. The third kappa shape index (κ3) is 7.67. The van der Waals surface area contributed by atoms with E-state index in [4.69, 9.17) is 4.42 Å². The van der Waals surface area contributed by atoms with Crippen molar-refractivity contribution in [2.45, 2.75) is 78.1 Å². The first-order valence-electron chi connectivity index (χ1n) is 28.1. The fourth-order valence-corrected chi connectivity index (χ4v) is 13.4. The Balaban J connectivity index is 1.10. The van der Waals surface area contributed by atoms with E-state index in [1.165, 1.54) is 27.8 Å². The number of para-hydroxylation sites is 1. The smallest absolute Gasteiger partial charge is 0.145 e. The van der Waals surface area contributed by atoms with Crippen molar-refractivity contribution in [1.29, 1.82) is 0 Å². The standard InChI is InChI=1S/C76H63FN2O/c1-47-26-40-67(61(42-47)49-18-11-9-12-19-49)78(54-33-28-51(29-34-54)74(3,4)5)56-37-39-59-65(45-56)76(63-24-17-23-57(63)58-38-32-53(77)44-64(58)76)66-46-69(72-60-22-15-16-25-70(60)80-73(72)71(59)66)79(55-35-30-52(31-36-55)75(6,7)8)68-41-27-48(2)43-62(68)50-20-13-10-14-21-50/h9-23,25-46H,24H2,1-8H3. The number of aryl methyl sites for hydroxylation is 2. The highest BCUT2D eigenvalue weighted by molar-refractivity contribution is 6.20. The minimum atomic E-state index is -0.909. The summed E-state index contributed by atoms with van der Waals surface area (Å²) in [6, 6.07) is 76.8. The lowest BCUT2D eigenvalue weighted by Gasteiger charge is -2.35. The molecule has 1 aromatic heterocycles. The summed E-state index contributed by atoms with van der Waals surface area (Å²) in [5.41, 5.74) is 24.9. The zero-order valence-corrected chi connectivity index (χ0v) is 46.7. The molecule has 0 amide bonds. The van der Waals surface area contributed by atoms with E-state index in [9.17, 15) is 0 Å². The number of halogens is 1. The number of anilines is 6. The molecule has 1 unspecified atom stereocenters. The Bertz CT molecular complexity index is 4360. The van der Waals surface area contributed by atoms with Crippen LogP contribution in [0.15, 0.2) is 234 Å². The molecule has 11 aromatic rings. The van der Waals surface area contributed by atoms with E-state index in [-0.39, 0.29) is 16.6 Å². The van der Waals surface area contributed by atoms with Gasteiger partial charge in [-0.1, -0.05) is 192 Å². The first-order valence-corrected chi connectivity index (χ1v) is 28.1. The third-order valence-electron chi connectivity index (χ3n) is 17.2. The Morgan fingerprint density at radius 2 is 1.00 bits per heavy atom. The van der Waals surface area contributed by atoms with Crippen LogP contribution in [0, 0.1) is 19.7 Å². The molecule has 3 aliphatic rings. The van der Waals surface area contributed by atoms with Gasteiger partial charge >= 0.3 is 0 Å². The van der Waals surface area contributed by atoms with Crippen LogP contribution in [0.5, 0.6) is 0 Å². The van der Waals surface area contributed by atoms with Crippen LogP contribution in [0.3, 0.4) is 0 Å². The SMILES string of the molecule is Cc1ccc(N(c2ccc(C(C)(C)C)cc2)c2ccc3c(c2)C2(C4=C(C=CC4)c4ccc(F)cc42)c2cc(N(c4ccc(C(C)(C)C)cc4)c4ccc(C)cc4-c4ccccc4)c4c(oc5ccccc54)c2-3)c(-c2ccccc2)c1. The van der Waals surface area contributed by atoms with Gasteiger partial charge in [-0.3, -0.25) is 0 Å². The lowest BCUT2D eigenvalue weighted by atomic mass is 9.68. The number of benzene rings is 10. The molecule has 3 nitrogen and oxygen atoms in total. The van der Waals surface area contributed by atoms with Crippen molar-refractivity contribution in [3.63, 3.8) is 0 Å². The minimum Gasteiger partial charge on any atom is -0.455 e. The Labute approximate surface area is 469 Å². The monoisotopic (exact) mass is 1040 g/mol. The Kier molecular flexibility index (Phi) is 11.3. The van der Waals surface area contributed by atoms with Crippen LogP contribution in [-0.2, 0) is 16.2 Å². The number of hydrogen-bond acceptors (Lipinski definition) is 3. The Hall–Kier alpha value is -8.99. The van der Waals surface area contributed by atoms with Crippen molar-refractivity contribution < 1.29 is 8.81 Å². The Morgan fingerprint density at radius 1 is 0.463 bits per heavy atom. The predicted molar refractivity (Wildman–Crippen MR) is 333 cm³/mol. The molecular weight excluding hydrogens is 976 g/mol. The van der Waals surface area contributed by atoms with E-state index in [0.717, 1.165) is 117 Å². The van der Waals surface area contributed by atoms with Gasteiger partial charge in [0.05, 0.1) is 27.9 Å². The molecule has 4 heteroatoms. The van der Waals surface area contributed by atoms with E-state index >= 15 is 4.39 Å². The normalized spacial score (nSPS) is 15.2. The number of furan rings is 1. The molecule has 10 aromatic carbocycles. The van der Waals surface area contributed by atoms with Gasteiger partial charge in [0.25, 0.3) is 0 Å². The molecule has 3 aliphatic carbocycles. The molecule has 80 heavy (non-hydrogen) atoms. The van der Waals surface area contributed by atoms with Crippen LogP contribution >= 0.6 is 0 Å². The van der Waals surface area contributed by atoms with Crippen molar-refractivity contribution in [3.05, 3.63) is 280 Å². The second kappa shape index (κ2) is 18.3. The molecule has 1 atom stereocenters. The van der Waals surface area contributed by atoms with Crippen LogP contribution in [0.2, 0.25) is 0 Å². The van der Waals surface area contributed by atoms with Gasteiger partial charge < -0.3 is 14.2 Å². The van der Waals surface area contributed by atoms with Gasteiger partial charge in [-0.2, -0.15) is 0 Å². The maximum atomic E-state index is 16.7. The third-order valence-corrected chi connectivity index (χ3v) is 17.2. The molecule has 0 aliphatic heterocycles. The lowest BCUT2D eigenvalue weighted by Crippen LogP contribution is -2.28. The summed E-state index contributed by atoms with van der Waals surface area (Å²) in [4.78, 5) is 4.90. The molecule has 0 fully saturated rings. The highest BCUT2D eigenvalue weighted by Gasteiger charge is 2.55. The van der Waals surface area contributed by atoms with Crippen LogP contribution in [0.1, 0.15) is 92.5 Å². The van der Waals surface area contributed by atoms with Gasteiger partial charge in [-0.05, 0) is 177 Å². The van der Waals surface area contributed by atoms with E-state index in [0.29, 0.717) is 6.42 Å². The molecule has 14 rings (SSSR count). The number of fused-ring (bicyclic) bond motifs is 13. The van der Waals surface area contributed by atoms with Crippen LogP contribution in [0.4, 0.5) is 38.5 Å². The maximum absolute atomic E-state index is 16.7. The van der Waals surface area contributed by atoms with Gasteiger partial charge in [0, 0.05) is 39.1 Å². The quantitative estimate of drug-likeness (QED) is 0.151. The zero-order chi connectivity index (χ0) is 54.8. The number of allylic oxidation sites excluding steroid dienone is 4. The zero-order valence-electron chi connectivity index (χ0n) is 46.7. The van der Waals surface area contributed by atoms with Crippen molar-refractivity contribution in [1.82, 2.24) is 0 Å². The summed E-state index contributed by atoms with van der Waals surface area (Å²) < 4.78 is 24.1. The molecule has 0 bridgehead atoms. The van der Waals surface area contributed by atoms with Gasteiger partial charge in [0.1, 0.15) is 17.0 Å². The predicted octanol–water partition coefficient (Wildman–Crippen LogP) is 21.3. The number of nitrogens with zero attached hydrogens (tertiary/aromatic N) is 2. The summed E-state index contributed by atoms with van der Waals surface area (Å²) in [5.74, 6) is -0.259. The van der Waals surface area contributed by atoms with Crippen LogP contribution in [-0.4, -0.2) is 0 Å². The Morgan fingerprint density at radius 3 is 1.61 bits per heavy atom. The first kappa shape index (κ1) is 49.3. The average molecular weight is 1040 g/mol. The number of hydrogen-bond donors (Lipinski definition) is 0. The summed E-state index contributed by atoms with van der Waals surface area (Å²) in [5, 5.41) is 2.05. The lowest BCUT2D eigenvalue weighted by molar-refractivity contribution is 0.590. The van der Waals surface area contributed by atoms with Gasteiger partial charge in [0.2, 0.25) is 0 Å². The topological polar surface area (TPSA) is 19.6 Å². The van der Waals surface area contributed by atoms with Crippen molar-refractivity contribution in [2.24, 2.45) is 0 Å². The van der Waals surface area contributed by atoms with Crippen LogP contribution in [0.25, 0.3) is 60.9 Å². The fraction of sp³-hybridized carbons (Fsp3) is 0.158. The second-order valence-electron chi connectivity index (χ2n) is 24.3. The molecule has 0 radical (unpaired) electrons. The average Bonchev–Trinajstić information content (AvgIpc) is 3.75. The summed E-state index contributed by atoms with van der Waals surface area (Å²) >= 11 is 0. The van der Waals surface area contributed by atoms with Crippen molar-refractivity contribution >= 4 is 61.6 Å². The van der Waals surface area contributed by atoms with Crippen molar-refractivity contribution in [3.8, 4) is 33.4 Å². The molecule has 390 valence electrons. The molecular formula is C76H63FN2O. The summed E-state index contributed by atoms with van der Waals surface area (Å²) in [6.45, 7) is 18.0. The van der Waals surface area contributed by atoms with E-state index in [1.54, 1.807) is 6.07 Å². The van der Waals surface area contributed by atoms with Gasteiger partial charge in [0.15, 0.2) is 0 Å². The molecule has 1 spiro atoms. The van der Waals surface area contributed by atoms with E-state index < -0.39 is 5.41 Å². The molecule has 1 heterocycles. The minimum absolute atomic E-state index is 0.0328. The van der Waals surface area contributed by atoms with Gasteiger partial charge in [-0.15, -0.1) is 0 Å².